The number of benzene rings is 1. The van der Waals surface area contributed by atoms with Crippen LogP contribution in [0.3, 0.4) is 0 Å². The highest BCUT2D eigenvalue weighted by Gasteiger charge is 2.27. The summed E-state index contributed by atoms with van der Waals surface area (Å²) in [7, 11) is 0. The molecule has 25 heavy (non-hydrogen) atoms. The molecule has 0 atom stereocenters. The number of anilines is 2. The second kappa shape index (κ2) is 7.99. The molecule has 0 spiro atoms. The number of nitro benzene ring substituents is 1. The number of likely N-dealkylation sites (N-methyl/N-ethyl adjacent to an activating group) is 1. The molecule has 2 aliphatic heterocycles. The zero-order valence-electron chi connectivity index (χ0n) is 14.9. The summed E-state index contributed by atoms with van der Waals surface area (Å²) < 4.78 is 14.6. The van der Waals surface area contributed by atoms with Crippen LogP contribution in [0.25, 0.3) is 0 Å². The third kappa shape index (κ3) is 4.03. The second-order valence-corrected chi connectivity index (χ2v) is 6.87. The highest BCUT2D eigenvalue weighted by molar-refractivity contribution is 5.71. The van der Waals surface area contributed by atoms with Gasteiger partial charge in [0, 0.05) is 39.3 Å². The van der Waals surface area contributed by atoms with Crippen molar-refractivity contribution >= 4 is 17.1 Å². The summed E-state index contributed by atoms with van der Waals surface area (Å²) >= 11 is 0. The van der Waals surface area contributed by atoms with E-state index in [0.717, 1.165) is 77.6 Å². The van der Waals surface area contributed by atoms with Gasteiger partial charge in [0.15, 0.2) is 5.82 Å². The first kappa shape index (κ1) is 17.9. The van der Waals surface area contributed by atoms with Crippen LogP contribution in [-0.2, 0) is 0 Å². The van der Waals surface area contributed by atoms with Crippen LogP contribution in [0.15, 0.2) is 12.1 Å². The highest BCUT2D eigenvalue weighted by Crippen LogP contribution is 2.36. The number of hydrogen-bond acceptors (Lipinski definition) is 5. The molecule has 7 heteroatoms. The van der Waals surface area contributed by atoms with E-state index in [1.165, 1.54) is 0 Å². The van der Waals surface area contributed by atoms with Gasteiger partial charge in [-0.05, 0) is 25.5 Å². The summed E-state index contributed by atoms with van der Waals surface area (Å²) in [4.78, 5) is 17.4. The van der Waals surface area contributed by atoms with Gasteiger partial charge in [-0.2, -0.15) is 0 Å². The van der Waals surface area contributed by atoms with E-state index in [9.17, 15) is 14.5 Å². The fourth-order valence-corrected chi connectivity index (χ4v) is 3.80. The van der Waals surface area contributed by atoms with Crippen LogP contribution >= 0.6 is 0 Å². The summed E-state index contributed by atoms with van der Waals surface area (Å²) in [6.07, 6.45) is 4.35. The molecule has 0 N–H and O–H groups in total. The van der Waals surface area contributed by atoms with Crippen LogP contribution in [0.2, 0.25) is 0 Å². The molecule has 1 aromatic rings. The number of nitro groups is 1. The first-order chi connectivity index (χ1) is 12.1. The van der Waals surface area contributed by atoms with Crippen molar-refractivity contribution in [1.29, 1.82) is 0 Å². The van der Waals surface area contributed by atoms with E-state index < -0.39 is 10.7 Å². The highest BCUT2D eigenvalue weighted by atomic mass is 19.1. The molecule has 2 aliphatic rings. The summed E-state index contributed by atoms with van der Waals surface area (Å²) in [5.74, 6) is -0.491. The first-order valence-electron chi connectivity index (χ1n) is 9.30. The molecule has 3 rings (SSSR count). The lowest BCUT2D eigenvalue weighted by molar-refractivity contribution is -0.384. The second-order valence-electron chi connectivity index (χ2n) is 6.87. The molecule has 2 fully saturated rings. The fourth-order valence-electron chi connectivity index (χ4n) is 3.80. The Labute approximate surface area is 148 Å². The number of nitrogens with zero attached hydrogens (tertiary/aromatic N) is 4. The van der Waals surface area contributed by atoms with Gasteiger partial charge < -0.3 is 14.7 Å². The maximum Gasteiger partial charge on any atom is 0.295 e. The number of rotatable bonds is 4. The lowest BCUT2D eigenvalue weighted by atomic mass is 10.1. The lowest BCUT2D eigenvalue weighted by Gasteiger charge is -2.36. The summed E-state index contributed by atoms with van der Waals surface area (Å²) in [5, 5.41) is 11.5. The maximum atomic E-state index is 14.6. The molecule has 0 saturated carbocycles. The van der Waals surface area contributed by atoms with Gasteiger partial charge in [-0.15, -0.1) is 0 Å². The van der Waals surface area contributed by atoms with E-state index in [2.05, 4.69) is 16.7 Å². The normalized spacial score (nSPS) is 19.8. The predicted octanol–water partition coefficient (Wildman–Crippen LogP) is 3.26. The van der Waals surface area contributed by atoms with Crippen molar-refractivity contribution in [3.63, 3.8) is 0 Å². The molecule has 0 aliphatic carbocycles. The quantitative estimate of drug-likeness (QED) is 0.616. The van der Waals surface area contributed by atoms with Gasteiger partial charge in [0.1, 0.15) is 5.69 Å². The van der Waals surface area contributed by atoms with Crippen molar-refractivity contribution in [2.45, 2.75) is 32.6 Å². The van der Waals surface area contributed by atoms with Gasteiger partial charge in [-0.25, -0.2) is 4.39 Å². The Balaban J connectivity index is 1.91. The van der Waals surface area contributed by atoms with Gasteiger partial charge in [-0.1, -0.05) is 19.8 Å². The van der Waals surface area contributed by atoms with E-state index >= 15 is 0 Å². The summed E-state index contributed by atoms with van der Waals surface area (Å²) in [5.41, 5.74) is 0.956. The molecule has 0 unspecified atom stereocenters. The van der Waals surface area contributed by atoms with Crippen molar-refractivity contribution in [1.82, 2.24) is 4.90 Å². The molecule has 0 amide bonds. The minimum absolute atomic E-state index is 0.115. The smallest absolute Gasteiger partial charge is 0.295 e. The first-order valence-corrected chi connectivity index (χ1v) is 9.30. The zero-order valence-corrected chi connectivity index (χ0v) is 14.9. The van der Waals surface area contributed by atoms with Crippen LogP contribution < -0.4 is 9.80 Å². The third-order valence-electron chi connectivity index (χ3n) is 5.35. The van der Waals surface area contributed by atoms with Gasteiger partial charge in [0.2, 0.25) is 0 Å². The molecule has 6 nitrogen and oxygen atoms in total. The van der Waals surface area contributed by atoms with Crippen LogP contribution in [-0.4, -0.2) is 55.6 Å². The van der Waals surface area contributed by atoms with Crippen molar-refractivity contribution in [2.24, 2.45) is 0 Å². The van der Waals surface area contributed by atoms with Gasteiger partial charge in [0.05, 0.1) is 16.7 Å². The van der Waals surface area contributed by atoms with E-state index in [1.54, 1.807) is 6.07 Å². The summed E-state index contributed by atoms with van der Waals surface area (Å²) in [6, 6.07) is 2.82. The molecule has 1 aromatic carbocycles. The average molecular weight is 350 g/mol. The fraction of sp³-hybridized carbons (Fsp3) is 0.667. The van der Waals surface area contributed by atoms with Crippen LogP contribution in [0.5, 0.6) is 0 Å². The van der Waals surface area contributed by atoms with Crippen LogP contribution in [0.1, 0.15) is 32.6 Å². The SMILES string of the molecule is CCN1CCN(c2cc(N3CCCCCC3)c([N+](=O)[O-])cc2F)CC1. The minimum atomic E-state index is -0.491. The standard InChI is InChI=1S/C18H27FN4O2/c1-2-20-9-11-22(12-10-20)16-14-17(18(23(24)25)13-15(16)19)21-7-5-3-4-6-8-21/h13-14H,2-12H2,1H3. The predicted molar refractivity (Wildman–Crippen MR) is 98.1 cm³/mol. The van der Waals surface area contributed by atoms with E-state index in [-0.39, 0.29) is 5.69 Å². The Hall–Kier alpha value is -1.89. The Morgan fingerprint density at radius 2 is 1.56 bits per heavy atom. The third-order valence-corrected chi connectivity index (χ3v) is 5.35. The topological polar surface area (TPSA) is 52.9 Å². The molecule has 138 valence electrons. The molecule has 0 bridgehead atoms. The summed E-state index contributed by atoms with van der Waals surface area (Å²) in [6.45, 7) is 8.02. The van der Waals surface area contributed by atoms with E-state index in [0.29, 0.717) is 11.4 Å². The Morgan fingerprint density at radius 1 is 0.960 bits per heavy atom. The molecular formula is C18H27FN4O2. The van der Waals surface area contributed by atoms with Crippen molar-refractivity contribution in [3.8, 4) is 0 Å². The molecule has 2 heterocycles. The molecule has 0 aromatic heterocycles. The monoisotopic (exact) mass is 350 g/mol. The van der Waals surface area contributed by atoms with E-state index in [4.69, 9.17) is 0 Å². The van der Waals surface area contributed by atoms with E-state index in [1.807, 2.05) is 4.90 Å². The number of piperazine rings is 1. The van der Waals surface area contributed by atoms with Crippen molar-refractivity contribution < 1.29 is 9.31 Å². The number of hydrogen-bond donors (Lipinski definition) is 0. The van der Waals surface area contributed by atoms with Gasteiger partial charge in [0.25, 0.3) is 5.69 Å². The van der Waals surface area contributed by atoms with Crippen LogP contribution in [0.4, 0.5) is 21.5 Å². The number of halogens is 1. The molecular weight excluding hydrogens is 323 g/mol. The van der Waals surface area contributed by atoms with Crippen molar-refractivity contribution in [3.05, 3.63) is 28.1 Å². The Kier molecular flexibility index (Phi) is 5.73. The Bertz CT molecular complexity index is 609. The molecule has 2 saturated heterocycles. The minimum Gasteiger partial charge on any atom is -0.367 e. The lowest BCUT2D eigenvalue weighted by Crippen LogP contribution is -2.46. The molecule has 0 radical (unpaired) electrons. The zero-order chi connectivity index (χ0) is 17.8. The maximum absolute atomic E-state index is 14.6. The average Bonchev–Trinajstić information content (AvgIpc) is 2.91. The van der Waals surface area contributed by atoms with Crippen LogP contribution in [0, 0.1) is 15.9 Å². The Morgan fingerprint density at radius 3 is 2.12 bits per heavy atom. The largest absolute Gasteiger partial charge is 0.367 e. The van der Waals surface area contributed by atoms with Gasteiger partial charge >= 0.3 is 0 Å². The van der Waals surface area contributed by atoms with Crippen molar-refractivity contribution in [2.75, 3.05) is 55.6 Å². The van der Waals surface area contributed by atoms with Gasteiger partial charge in [-0.3, -0.25) is 10.1 Å².